The van der Waals surface area contributed by atoms with Crippen LogP contribution < -0.4 is 5.32 Å². The average Bonchev–Trinajstić information content (AvgIpc) is 3.37. The molecular formula is C31H34N2O6. The van der Waals surface area contributed by atoms with Gasteiger partial charge in [0.1, 0.15) is 0 Å². The van der Waals surface area contributed by atoms with Crippen LogP contribution in [0.5, 0.6) is 0 Å². The van der Waals surface area contributed by atoms with Gasteiger partial charge < -0.3 is 25.0 Å². The van der Waals surface area contributed by atoms with E-state index in [0.717, 1.165) is 29.7 Å². The Morgan fingerprint density at radius 2 is 1.74 bits per heavy atom. The number of nitrogens with zero attached hydrogens (tertiary/aromatic N) is 1. The summed E-state index contributed by atoms with van der Waals surface area (Å²) < 4.78 is 12.8. The number of Topliss-reactive ketones (excluding diaryl/α,β-unsaturated/α-hetero) is 1. The summed E-state index contributed by atoms with van der Waals surface area (Å²) in [5, 5.41) is 22.3. The molecule has 4 atom stereocenters. The lowest BCUT2D eigenvalue weighted by molar-refractivity contribution is -0.252. The Balaban J connectivity index is 1.35. The highest BCUT2D eigenvalue weighted by atomic mass is 16.7. The number of hydrogen-bond donors (Lipinski definition) is 3. The second kappa shape index (κ2) is 12.2. The lowest BCUT2D eigenvalue weighted by Gasteiger charge is -2.38. The van der Waals surface area contributed by atoms with Crippen molar-refractivity contribution in [3.8, 4) is 0 Å². The molecule has 8 nitrogen and oxygen atoms in total. The van der Waals surface area contributed by atoms with E-state index in [1.807, 2.05) is 30.3 Å². The van der Waals surface area contributed by atoms with Crippen LogP contribution in [0.3, 0.4) is 0 Å². The quantitative estimate of drug-likeness (QED) is 0.374. The van der Waals surface area contributed by atoms with Gasteiger partial charge in [-0.25, -0.2) is 0 Å². The number of β-amino-alcohol motifs (C(OH)–C–C–N with tert-alkyl or cyclic N) is 1. The number of nitrogens with one attached hydrogen (secondary N) is 1. The molecule has 2 fully saturated rings. The number of amides is 1. The number of anilines is 1. The number of ether oxygens (including phenoxy) is 2. The largest absolute Gasteiger partial charge is 0.392 e. The molecule has 1 amide bonds. The summed E-state index contributed by atoms with van der Waals surface area (Å²) in [5.41, 5.74) is 4.07. The maximum Gasteiger partial charge on any atom is 0.255 e. The molecule has 8 heteroatoms. The van der Waals surface area contributed by atoms with E-state index in [2.05, 4.69) is 10.2 Å². The SMILES string of the molecule is CC(=O)c1cccc(NC(=O)c2cccc(C3OC(CN4CCC(O)C4)CC(c4ccc(CO)cc4)O3)c2)c1. The van der Waals surface area contributed by atoms with Crippen molar-refractivity contribution in [1.82, 2.24) is 4.90 Å². The van der Waals surface area contributed by atoms with E-state index in [4.69, 9.17) is 9.47 Å². The summed E-state index contributed by atoms with van der Waals surface area (Å²) in [4.78, 5) is 27.0. The summed E-state index contributed by atoms with van der Waals surface area (Å²) in [6, 6.07) is 21.7. The first-order valence-corrected chi connectivity index (χ1v) is 13.3. The Morgan fingerprint density at radius 1 is 0.974 bits per heavy atom. The Bertz CT molecular complexity index is 1310. The normalized spacial score (nSPS) is 23.5. The highest BCUT2D eigenvalue weighted by Gasteiger charge is 2.34. The molecule has 2 aliphatic rings. The van der Waals surface area contributed by atoms with Crippen molar-refractivity contribution in [2.24, 2.45) is 0 Å². The molecule has 0 aromatic heterocycles. The van der Waals surface area contributed by atoms with Crippen molar-refractivity contribution in [2.45, 2.75) is 51.0 Å². The van der Waals surface area contributed by atoms with Crippen LogP contribution in [-0.2, 0) is 16.1 Å². The summed E-state index contributed by atoms with van der Waals surface area (Å²) >= 11 is 0. The molecule has 39 heavy (non-hydrogen) atoms. The number of aliphatic hydroxyl groups is 2. The standard InChI is InChI=1S/C31H34N2O6/c1-20(35)23-4-3-7-26(15-23)32-30(37)24-5-2-6-25(14-24)31-38-28(18-33-13-12-27(36)17-33)16-29(39-31)22-10-8-21(19-34)9-11-22/h2-11,14-15,27-29,31,34,36H,12-13,16-19H2,1H3,(H,32,37). The Kier molecular flexibility index (Phi) is 8.50. The number of carbonyl (C=O) groups excluding carboxylic acids is 2. The van der Waals surface area contributed by atoms with Crippen LogP contribution in [0.1, 0.15) is 69.6 Å². The van der Waals surface area contributed by atoms with Gasteiger partial charge in [0, 0.05) is 48.4 Å². The molecule has 204 valence electrons. The zero-order valence-corrected chi connectivity index (χ0v) is 22.0. The van der Waals surface area contributed by atoms with Crippen LogP contribution in [0.25, 0.3) is 0 Å². The van der Waals surface area contributed by atoms with Gasteiger partial charge in [0.15, 0.2) is 12.1 Å². The minimum Gasteiger partial charge on any atom is -0.392 e. The minimum atomic E-state index is -0.687. The third-order valence-corrected chi connectivity index (χ3v) is 7.27. The van der Waals surface area contributed by atoms with Crippen LogP contribution >= 0.6 is 0 Å². The zero-order chi connectivity index (χ0) is 27.4. The van der Waals surface area contributed by atoms with Crippen LogP contribution in [0.4, 0.5) is 5.69 Å². The third-order valence-electron chi connectivity index (χ3n) is 7.27. The zero-order valence-electron chi connectivity index (χ0n) is 22.0. The van der Waals surface area contributed by atoms with Gasteiger partial charge in [0.05, 0.1) is 24.9 Å². The summed E-state index contributed by atoms with van der Waals surface area (Å²) in [7, 11) is 0. The van der Waals surface area contributed by atoms with Crippen molar-refractivity contribution in [3.63, 3.8) is 0 Å². The maximum atomic E-state index is 13.1. The van der Waals surface area contributed by atoms with Gasteiger partial charge in [-0.2, -0.15) is 0 Å². The van der Waals surface area contributed by atoms with Crippen LogP contribution in [0.2, 0.25) is 0 Å². The molecule has 0 spiro atoms. The van der Waals surface area contributed by atoms with E-state index >= 15 is 0 Å². The summed E-state index contributed by atoms with van der Waals surface area (Å²) in [6.45, 7) is 3.59. The fourth-order valence-corrected chi connectivity index (χ4v) is 5.14. The molecule has 2 saturated heterocycles. The van der Waals surface area contributed by atoms with Crippen LogP contribution in [-0.4, -0.2) is 58.6 Å². The van der Waals surface area contributed by atoms with Crippen molar-refractivity contribution in [1.29, 1.82) is 0 Å². The van der Waals surface area contributed by atoms with E-state index in [9.17, 15) is 19.8 Å². The van der Waals surface area contributed by atoms with Crippen molar-refractivity contribution in [2.75, 3.05) is 25.0 Å². The molecule has 0 aliphatic carbocycles. The summed E-state index contributed by atoms with van der Waals surface area (Å²) in [6.07, 6.45) is 0.0324. The first-order valence-electron chi connectivity index (χ1n) is 13.3. The van der Waals surface area contributed by atoms with Gasteiger partial charge in [-0.1, -0.05) is 48.5 Å². The molecule has 5 rings (SSSR count). The van der Waals surface area contributed by atoms with Crippen LogP contribution in [0, 0.1) is 0 Å². The number of carbonyl (C=O) groups is 2. The van der Waals surface area contributed by atoms with Gasteiger partial charge in [-0.15, -0.1) is 0 Å². The predicted molar refractivity (Wildman–Crippen MR) is 146 cm³/mol. The molecule has 0 radical (unpaired) electrons. The van der Waals surface area contributed by atoms with Gasteiger partial charge in [0.25, 0.3) is 5.91 Å². The summed E-state index contributed by atoms with van der Waals surface area (Å²) in [5.74, 6) is -0.370. The molecule has 3 aromatic rings. The van der Waals surface area contributed by atoms with Gasteiger partial charge in [-0.05, 0) is 48.7 Å². The molecule has 0 saturated carbocycles. The number of ketones is 1. The molecule has 0 bridgehead atoms. The molecule has 3 aromatic carbocycles. The average molecular weight is 531 g/mol. The Hall–Kier alpha value is -3.40. The molecule has 3 N–H and O–H groups in total. The van der Waals surface area contributed by atoms with Crippen molar-refractivity contribution < 1.29 is 29.3 Å². The minimum absolute atomic E-state index is 0.0225. The fraction of sp³-hybridized carbons (Fsp3) is 0.355. The molecular weight excluding hydrogens is 496 g/mol. The van der Waals surface area contributed by atoms with Crippen LogP contribution in [0.15, 0.2) is 72.8 Å². The molecule has 2 aliphatic heterocycles. The van der Waals surface area contributed by atoms with Gasteiger partial charge in [-0.3, -0.25) is 14.5 Å². The number of likely N-dealkylation sites (tertiary alicyclic amines) is 1. The first kappa shape index (κ1) is 27.2. The van der Waals surface area contributed by atoms with Gasteiger partial charge in [0.2, 0.25) is 0 Å². The highest BCUT2D eigenvalue weighted by molar-refractivity contribution is 6.05. The first-order chi connectivity index (χ1) is 18.9. The van der Waals surface area contributed by atoms with E-state index < -0.39 is 6.29 Å². The van der Waals surface area contributed by atoms with E-state index in [1.54, 1.807) is 42.5 Å². The molecule has 4 unspecified atom stereocenters. The van der Waals surface area contributed by atoms with E-state index in [1.165, 1.54) is 6.92 Å². The van der Waals surface area contributed by atoms with E-state index in [0.29, 0.717) is 36.3 Å². The lowest BCUT2D eigenvalue weighted by atomic mass is 9.99. The third kappa shape index (κ3) is 6.79. The maximum absolute atomic E-state index is 13.1. The Labute approximate surface area is 228 Å². The van der Waals surface area contributed by atoms with Gasteiger partial charge >= 0.3 is 0 Å². The van der Waals surface area contributed by atoms with E-state index in [-0.39, 0.29) is 36.6 Å². The second-order valence-electron chi connectivity index (χ2n) is 10.3. The predicted octanol–water partition coefficient (Wildman–Crippen LogP) is 4.25. The Morgan fingerprint density at radius 3 is 2.46 bits per heavy atom. The number of aliphatic hydroxyl groups excluding tert-OH is 2. The fourth-order valence-electron chi connectivity index (χ4n) is 5.14. The smallest absolute Gasteiger partial charge is 0.255 e. The molecule has 2 heterocycles. The number of rotatable bonds is 8. The highest BCUT2D eigenvalue weighted by Crippen LogP contribution is 2.38. The topological polar surface area (TPSA) is 108 Å². The number of benzene rings is 3. The monoisotopic (exact) mass is 530 g/mol. The number of hydrogen-bond acceptors (Lipinski definition) is 7. The second-order valence-corrected chi connectivity index (χ2v) is 10.3. The van der Waals surface area contributed by atoms with Crippen molar-refractivity contribution >= 4 is 17.4 Å². The van der Waals surface area contributed by atoms with Crippen molar-refractivity contribution in [3.05, 3.63) is 101 Å². The lowest BCUT2D eigenvalue weighted by Crippen LogP contribution is -2.38.